The topological polar surface area (TPSA) is 87.3 Å². The molecule has 0 aromatic heterocycles. The van der Waals surface area contributed by atoms with Crippen LogP contribution in [0.25, 0.3) is 0 Å². The summed E-state index contributed by atoms with van der Waals surface area (Å²) in [7, 11) is -3.73. The third-order valence-electron chi connectivity index (χ3n) is 4.82. The van der Waals surface area contributed by atoms with E-state index in [1.54, 1.807) is 13.0 Å². The Morgan fingerprint density at radius 2 is 1.55 bits per heavy atom. The first-order valence-corrected chi connectivity index (χ1v) is 11.7. The molecule has 0 heterocycles. The lowest BCUT2D eigenvalue weighted by Crippen LogP contribution is -2.27. The van der Waals surface area contributed by atoms with Crippen LogP contribution in [0.5, 0.6) is 0 Å². The van der Waals surface area contributed by atoms with Crippen LogP contribution in [0.15, 0.2) is 83.8 Å². The zero-order valence-electron chi connectivity index (χ0n) is 17.5. The fourth-order valence-electron chi connectivity index (χ4n) is 3.04. The van der Waals surface area contributed by atoms with Gasteiger partial charge in [-0.1, -0.05) is 54.6 Å². The van der Waals surface area contributed by atoms with Crippen LogP contribution in [0.4, 0.5) is 5.69 Å². The van der Waals surface area contributed by atoms with Crippen LogP contribution in [0, 0.1) is 6.92 Å². The molecule has 0 aliphatic heterocycles. The summed E-state index contributed by atoms with van der Waals surface area (Å²) in [6.07, 6.45) is 0.746. The summed E-state index contributed by atoms with van der Waals surface area (Å²) in [5.41, 5.74) is 2.98. The Bertz CT molecular complexity index is 1100. The zero-order valence-corrected chi connectivity index (χ0v) is 18.3. The van der Waals surface area contributed by atoms with Crippen LogP contribution in [-0.2, 0) is 16.6 Å². The van der Waals surface area contributed by atoms with Crippen molar-refractivity contribution in [2.75, 3.05) is 18.4 Å². The molecule has 7 heteroatoms. The van der Waals surface area contributed by atoms with Crippen molar-refractivity contribution < 1.29 is 13.2 Å². The molecule has 0 aliphatic rings. The molecule has 3 aromatic rings. The third-order valence-corrected chi connectivity index (χ3v) is 6.21. The van der Waals surface area contributed by atoms with Gasteiger partial charge < -0.3 is 10.6 Å². The molecule has 3 N–H and O–H groups in total. The lowest BCUT2D eigenvalue weighted by atomic mass is 10.1. The predicted molar refractivity (Wildman–Crippen MR) is 124 cm³/mol. The van der Waals surface area contributed by atoms with E-state index in [0.29, 0.717) is 12.1 Å². The number of sulfonamides is 1. The van der Waals surface area contributed by atoms with Crippen molar-refractivity contribution in [2.45, 2.75) is 24.8 Å². The van der Waals surface area contributed by atoms with Crippen LogP contribution in [0.2, 0.25) is 0 Å². The molecule has 0 saturated carbocycles. The van der Waals surface area contributed by atoms with Crippen molar-refractivity contribution in [2.24, 2.45) is 0 Å². The van der Waals surface area contributed by atoms with E-state index in [4.69, 9.17) is 0 Å². The van der Waals surface area contributed by atoms with Gasteiger partial charge in [0.15, 0.2) is 0 Å². The summed E-state index contributed by atoms with van der Waals surface area (Å²) in [5.74, 6) is -0.280. The largest absolute Gasteiger partial charge is 0.385 e. The fraction of sp³-hybridized carbons (Fsp3) is 0.208. The lowest BCUT2D eigenvalue weighted by molar-refractivity contribution is 0.0952. The number of carbonyl (C=O) groups is 1. The monoisotopic (exact) mass is 437 g/mol. The lowest BCUT2D eigenvalue weighted by Gasteiger charge is -2.12. The van der Waals surface area contributed by atoms with Crippen molar-refractivity contribution in [1.29, 1.82) is 0 Å². The molecule has 3 aromatic carbocycles. The van der Waals surface area contributed by atoms with E-state index in [2.05, 4.69) is 15.4 Å². The summed E-state index contributed by atoms with van der Waals surface area (Å²) < 4.78 is 27.9. The van der Waals surface area contributed by atoms with Gasteiger partial charge in [0, 0.05) is 30.9 Å². The fourth-order valence-corrected chi connectivity index (χ4v) is 4.09. The van der Waals surface area contributed by atoms with Gasteiger partial charge in [0.1, 0.15) is 0 Å². The first-order chi connectivity index (χ1) is 15.0. The Morgan fingerprint density at radius 1 is 0.871 bits per heavy atom. The highest BCUT2D eigenvalue weighted by atomic mass is 32.2. The summed E-state index contributed by atoms with van der Waals surface area (Å²) in [4.78, 5) is 12.7. The van der Waals surface area contributed by atoms with Crippen LogP contribution in [0.3, 0.4) is 0 Å². The molecule has 0 aliphatic carbocycles. The Kier molecular flexibility index (Phi) is 7.81. The van der Waals surface area contributed by atoms with E-state index in [1.807, 2.05) is 60.7 Å². The third kappa shape index (κ3) is 6.67. The van der Waals surface area contributed by atoms with Gasteiger partial charge in [-0.15, -0.1) is 0 Å². The number of anilines is 1. The maximum absolute atomic E-state index is 12.7. The Hall–Kier alpha value is -3.16. The normalized spacial score (nSPS) is 11.1. The second kappa shape index (κ2) is 10.7. The molecular weight excluding hydrogens is 410 g/mol. The molecule has 0 unspecified atom stereocenters. The van der Waals surface area contributed by atoms with E-state index in [9.17, 15) is 13.2 Å². The first kappa shape index (κ1) is 22.5. The first-order valence-electron chi connectivity index (χ1n) is 10.2. The molecular formula is C24H27N3O3S. The minimum absolute atomic E-state index is 0.0740. The van der Waals surface area contributed by atoms with E-state index < -0.39 is 10.0 Å². The summed E-state index contributed by atoms with van der Waals surface area (Å²) in [6, 6.07) is 23.7. The highest BCUT2D eigenvalue weighted by Gasteiger charge is 2.17. The molecule has 0 atom stereocenters. The number of nitrogens with one attached hydrogen (secondary N) is 3. The molecule has 0 bridgehead atoms. The standard InChI is InChI=1S/C24H27N3O3S/c1-19-13-14-22(31(29,30)27-18-20-9-4-2-5-10-20)17-23(19)24(28)26-16-8-15-25-21-11-6-3-7-12-21/h2-7,9-14,17,25,27H,8,15-16,18H2,1H3,(H,26,28). The number of hydrogen-bond acceptors (Lipinski definition) is 4. The van der Waals surface area contributed by atoms with Crippen molar-refractivity contribution in [3.63, 3.8) is 0 Å². The second-order valence-corrected chi connectivity index (χ2v) is 8.96. The number of amides is 1. The van der Waals surface area contributed by atoms with Gasteiger partial charge in [0.2, 0.25) is 10.0 Å². The highest BCUT2D eigenvalue weighted by Crippen LogP contribution is 2.16. The van der Waals surface area contributed by atoms with Crippen molar-refractivity contribution in [1.82, 2.24) is 10.0 Å². The molecule has 3 rings (SSSR count). The smallest absolute Gasteiger partial charge is 0.251 e. The van der Waals surface area contributed by atoms with Crippen LogP contribution in [-0.4, -0.2) is 27.4 Å². The molecule has 31 heavy (non-hydrogen) atoms. The number of aryl methyl sites for hydroxylation is 1. The van der Waals surface area contributed by atoms with Gasteiger partial charge in [0.25, 0.3) is 5.91 Å². The summed E-state index contributed by atoms with van der Waals surface area (Å²) in [6.45, 7) is 3.19. The maximum atomic E-state index is 12.7. The number of hydrogen-bond donors (Lipinski definition) is 3. The SMILES string of the molecule is Cc1ccc(S(=O)(=O)NCc2ccccc2)cc1C(=O)NCCCNc1ccccc1. The van der Waals surface area contributed by atoms with Gasteiger partial charge in [0.05, 0.1) is 4.90 Å². The number of rotatable bonds is 10. The molecule has 0 radical (unpaired) electrons. The maximum Gasteiger partial charge on any atom is 0.251 e. The molecule has 162 valence electrons. The Balaban J connectivity index is 1.55. The molecule has 0 fully saturated rings. The quantitative estimate of drug-likeness (QED) is 0.422. The average molecular weight is 438 g/mol. The number of benzene rings is 3. The van der Waals surface area contributed by atoms with E-state index in [0.717, 1.165) is 29.8 Å². The van der Waals surface area contributed by atoms with Crippen LogP contribution >= 0.6 is 0 Å². The highest BCUT2D eigenvalue weighted by molar-refractivity contribution is 7.89. The minimum atomic E-state index is -3.73. The molecule has 6 nitrogen and oxygen atoms in total. The Labute approximate surface area is 183 Å². The van der Waals surface area contributed by atoms with Crippen LogP contribution in [0.1, 0.15) is 27.9 Å². The van der Waals surface area contributed by atoms with Crippen molar-refractivity contribution >= 4 is 21.6 Å². The predicted octanol–water partition coefficient (Wildman–Crippen LogP) is 3.71. The summed E-state index contributed by atoms with van der Waals surface area (Å²) in [5, 5.41) is 6.16. The van der Waals surface area contributed by atoms with Crippen LogP contribution < -0.4 is 15.4 Å². The van der Waals surface area contributed by atoms with Gasteiger partial charge in [-0.25, -0.2) is 13.1 Å². The number of carbonyl (C=O) groups excluding carboxylic acids is 1. The summed E-state index contributed by atoms with van der Waals surface area (Å²) >= 11 is 0. The van der Waals surface area contributed by atoms with E-state index in [1.165, 1.54) is 12.1 Å². The number of para-hydroxylation sites is 1. The van der Waals surface area contributed by atoms with Gasteiger partial charge in [-0.3, -0.25) is 4.79 Å². The van der Waals surface area contributed by atoms with Gasteiger partial charge >= 0.3 is 0 Å². The van der Waals surface area contributed by atoms with Crippen molar-refractivity contribution in [3.8, 4) is 0 Å². The van der Waals surface area contributed by atoms with E-state index in [-0.39, 0.29) is 17.3 Å². The van der Waals surface area contributed by atoms with Crippen molar-refractivity contribution in [3.05, 3.63) is 95.6 Å². The average Bonchev–Trinajstić information content (AvgIpc) is 2.79. The Morgan fingerprint density at radius 3 is 2.26 bits per heavy atom. The van der Waals surface area contributed by atoms with Gasteiger partial charge in [-0.05, 0) is 48.7 Å². The molecule has 0 saturated heterocycles. The minimum Gasteiger partial charge on any atom is -0.385 e. The zero-order chi connectivity index (χ0) is 22.1. The molecule has 1 amide bonds. The van der Waals surface area contributed by atoms with E-state index >= 15 is 0 Å². The molecule has 0 spiro atoms. The van der Waals surface area contributed by atoms with Gasteiger partial charge in [-0.2, -0.15) is 0 Å². The second-order valence-electron chi connectivity index (χ2n) is 7.19.